The summed E-state index contributed by atoms with van der Waals surface area (Å²) in [6.45, 7) is 2.02. The maximum Gasteiger partial charge on any atom is 0.244 e. The fraction of sp³-hybridized carbons (Fsp3) is 0.333. The maximum atomic E-state index is 12.5. The van der Waals surface area contributed by atoms with Gasteiger partial charge >= 0.3 is 0 Å². The number of hydrogen-bond acceptors (Lipinski definition) is 6. The fourth-order valence-electron chi connectivity index (χ4n) is 2.38. The van der Waals surface area contributed by atoms with Gasteiger partial charge in [-0.3, -0.25) is 0 Å². The normalized spacial score (nSPS) is 11.1. The van der Waals surface area contributed by atoms with Gasteiger partial charge in [0.15, 0.2) is 11.5 Å². The molecule has 8 heteroatoms. The highest BCUT2D eigenvalue weighted by Crippen LogP contribution is 2.36. The molecule has 2 aromatic carbocycles. The predicted octanol–water partition coefficient (Wildman–Crippen LogP) is 2.38. The molecule has 0 amide bonds. The van der Waals surface area contributed by atoms with Crippen LogP contribution < -0.4 is 23.7 Å². The van der Waals surface area contributed by atoms with E-state index in [-0.39, 0.29) is 18.0 Å². The van der Waals surface area contributed by atoms with Crippen molar-refractivity contribution in [2.24, 2.45) is 0 Å². The van der Waals surface area contributed by atoms with Crippen LogP contribution in [0.3, 0.4) is 0 Å². The molecule has 0 unspecified atom stereocenters. The van der Waals surface area contributed by atoms with Crippen LogP contribution in [0.2, 0.25) is 0 Å². The summed E-state index contributed by atoms with van der Waals surface area (Å²) in [7, 11) is 0.757. The fourth-order valence-corrected chi connectivity index (χ4v) is 3.64. The lowest BCUT2D eigenvalue weighted by atomic mass is 10.2. The highest BCUT2D eigenvalue weighted by Gasteiger charge is 2.19. The van der Waals surface area contributed by atoms with Gasteiger partial charge in [-0.1, -0.05) is 12.1 Å². The van der Waals surface area contributed by atoms with E-state index in [9.17, 15) is 8.42 Å². The van der Waals surface area contributed by atoms with E-state index in [0.29, 0.717) is 23.0 Å². The van der Waals surface area contributed by atoms with Gasteiger partial charge < -0.3 is 18.9 Å². The van der Waals surface area contributed by atoms with E-state index in [1.165, 1.54) is 21.3 Å². The quantitative estimate of drug-likeness (QED) is 0.672. The van der Waals surface area contributed by atoms with Gasteiger partial charge in [0.2, 0.25) is 15.8 Å². The van der Waals surface area contributed by atoms with Gasteiger partial charge in [-0.05, 0) is 36.8 Å². The van der Waals surface area contributed by atoms with Crippen LogP contribution in [0.4, 0.5) is 0 Å². The Morgan fingerprint density at radius 1 is 0.923 bits per heavy atom. The Morgan fingerprint density at radius 2 is 1.62 bits per heavy atom. The van der Waals surface area contributed by atoms with Crippen molar-refractivity contribution >= 4 is 10.0 Å². The van der Waals surface area contributed by atoms with Crippen molar-refractivity contribution in [2.45, 2.75) is 11.8 Å². The van der Waals surface area contributed by atoms with Crippen LogP contribution >= 0.6 is 0 Å². The van der Waals surface area contributed by atoms with E-state index in [0.717, 1.165) is 5.56 Å². The molecule has 1 N–H and O–H groups in total. The largest absolute Gasteiger partial charge is 0.495 e. The van der Waals surface area contributed by atoms with E-state index in [1.54, 1.807) is 36.4 Å². The SMILES string of the molecule is COc1ccc(C)cc1S(=O)(=O)NCCOc1cccc(OC)c1OC. The van der Waals surface area contributed by atoms with Crippen molar-refractivity contribution in [3.8, 4) is 23.0 Å². The van der Waals surface area contributed by atoms with Crippen LogP contribution in [0.5, 0.6) is 23.0 Å². The van der Waals surface area contributed by atoms with Crippen LogP contribution in [-0.2, 0) is 10.0 Å². The minimum Gasteiger partial charge on any atom is -0.495 e. The van der Waals surface area contributed by atoms with Crippen molar-refractivity contribution in [3.63, 3.8) is 0 Å². The molecule has 26 heavy (non-hydrogen) atoms. The Labute approximate surface area is 153 Å². The van der Waals surface area contributed by atoms with E-state index >= 15 is 0 Å². The summed E-state index contributed by atoms with van der Waals surface area (Å²) < 4.78 is 48.8. The van der Waals surface area contributed by atoms with E-state index in [4.69, 9.17) is 18.9 Å². The first-order chi connectivity index (χ1) is 12.4. The molecule has 0 radical (unpaired) electrons. The number of nitrogens with one attached hydrogen (secondary N) is 1. The number of benzene rings is 2. The van der Waals surface area contributed by atoms with Crippen LogP contribution in [0, 0.1) is 6.92 Å². The van der Waals surface area contributed by atoms with Gasteiger partial charge in [0.25, 0.3) is 0 Å². The summed E-state index contributed by atoms with van der Waals surface area (Å²) in [5, 5.41) is 0. The van der Waals surface area contributed by atoms with E-state index < -0.39 is 10.0 Å². The highest BCUT2D eigenvalue weighted by molar-refractivity contribution is 7.89. The zero-order chi connectivity index (χ0) is 19.2. The lowest BCUT2D eigenvalue weighted by Crippen LogP contribution is -2.28. The Bertz CT molecular complexity index is 851. The molecule has 2 aromatic rings. The molecule has 0 heterocycles. The van der Waals surface area contributed by atoms with Crippen molar-refractivity contribution in [3.05, 3.63) is 42.0 Å². The lowest BCUT2D eigenvalue weighted by molar-refractivity contribution is 0.287. The number of aryl methyl sites for hydroxylation is 1. The van der Waals surface area contributed by atoms with E-state index in [2.05, 4.69) is 4.72 Å². The molecule has 0 atom stereocenters. The molecule has 0 aliphatic carbocycles. The van der Waals surface area contributed by atoms with Crippen LogP contribution in [0.25, 0.3) is 0 Å². The van der Waals surface area contributed by atoms with Crippen molar-refractivity contribution in [2.75, 3.05) is 34.5 Å². The van der Waals surface area contributed by atoms with Crippen LogP contribution in [0.1, 0.15) is 5.56 Å². The van der Waals surface area contributed by atoms with Gasteiger partial charge in [0.05, 0.1) is 21.3 Å². The lowest BCUT2D eigenvalue weighted by Gasteiger charge is -2.14. The van der Waals surface area contributed by atoms with Crippen molar-refractivity contribution in [1.82, 2.24) is 4.72 Å². The summed E-state index contributed by atoms with van der Waals surface area (Å²) in [6.07, 6.45) is 0. The second-order valence-electron chi connectivity index (χ2n) is 5.39. The number of sulfonamides is 1. The van der Waals surface area contributed by atoms with Gasteiger partial charge in [0, 0.05) is 6.54 Å². The van der Waals surface area contributed by atoms with Gasteiger partial charge in [-0.2, -0.15) is 0 Å². The Morgan fingerprint density at radius 3 is 2.27 bits per heavy atom. The molecule has 0 spiro atoms. The molecule has 0 aliphatic rings. The molecule has 0 aromatic heterocycles. The van der Waals surface area contributed by atoms with Gasteiger partial charge in [0.1, 0.15) is 17.3 Å². The van der Waals surface area contributed by atoms with Gasteiger partial charge in [-0.15, -0.1) is 0 Å². The number of methoxy groups -OCH3 is 3. The summed E-state index contributed by atoms with van der Waals surface area (Å²) in [6, 6.07) is 10.2. The third-order valence-corrected chi connectivity index (χ3v) is 5.11. The Hall–Kier alpha value is -2.45. The van der Waals surface area contributed by atoms with Crippen molar-refractivity contribution < 1.29 is 27.4 Å². The summed E-state index contributed by atoms with van der Waals surface area (Å²) >= 11 is 0. The minimum atomic E-state index is -3.72. The average Bonchev–Trinajstić information content (AvgIpc) is 2.64. The number of para-hydroxylation sites is 1. The third-order valence-electron chi connectivity index (χ3n) is 3.63. The zero-order valence-electron chi connectivity index (χ0n) is 15.2. The van der Waals surface area contributed by atoms with Crippen molar-refractivity contribution in [1.29, 1.82) is 0 Å². The first-order valence-electron chi connectivity index (χ1n) is 7.91. The Balaban J connectivity index is 2.03. The average molecular weight is 381 g/mol. The summed E-state index contributed by atoms with van der Waals surface area (Å²) in [4.78, 5) is 0.0963. The summed E-state index contributed by atoms with van der Waals surface area (Å²) in [5.41, 5.74) is 0.823. The molecule has 0 aliphatic heterocycles. The van der Waals surface area contributed by atoms with E-state index in [1.807, 2.05) is 6.92 Å². The zero-order valence-corrected chi connectivity index (χ0v) is 16.1. The molecule has 7 nitrogen and oxygen atoms in total. The molecular weight excluding hydrogens is 358 g/mol. The number of rotatable bonds is 9. The molecule has 0 bridgehead atoms. The highest BCUT2D eigenvalue weighted by atomic mass is 32.2. The predicted molar refractivity (Wildman–Crippen MR) is 98.0 cm³/mol. The molecule has 0 saturated carbocycles. The molecule has 142 valence electrons. The molecule has 2 rings (SSSR count). The van der Waals surface area contributed by atoms with Crippen LogP contribution in [0.15, 0.2) is 41.3 Å². The number of ether oxygens (including phenoxy) is 4. The second-order valence-corrected chi connectivity index (χ2v) is 7.13. The topological polar surface area (TPSA) is 83.1 Å². The first-order valence-corrected chi connectivity index (χ1v) is 9.39. The minimum absolute atomic E-state index is 0.0831. The summed E-state index contributed by atoms with van der Waals surface area (Å²) in [5.74, 6) is 1.76. The molecule has 0 saturated heterocycles. The Kier molecular flexibility index (Phi) is 6.70. The first kappa shape index (κ1) is 19.9. The third kappa shape index (κ3) is 4.59. The molecule has 0 fully saturated rings. The second kappa shape index (κ2) is 8.77. The monoisotopic (exact) mass is 381 g/mol. The van der Waals surface area contributed by atoms with Gasteiger partial charge in [-0.25, -0.2) is 13.1 Å². The molecular formula is C18H23NO6S. The maximum absolute atomic E-state index is 12.5. The number of hydrogen-bond donors (Lipinski definition) is 1. The van der Waals surface area contributed by atoms with Crippen LogP contribution in [-0.4, -0.2) is 42.9 Å². The standard InChI is InChI=1S/C18H23NO6S/c1-13-8-9-14(22-2)17(12-13)26(20,21)19-10-11-25-16-7-5-6-15(23-3)18(16)24-4/h5-9,12,19H,10-11H2,1-4H3. The smallest absolute Gasteiger partial charge is 0.244 e.